The molecule has 0 aliphatic carbocycles. The molecule has 0 fully saturated rings. The highest BCUT2D eigenvalue weighted by Gasteiger charge is 2.16. The van der Waals surface area contributed by atoms with Crippen LogP contribution >= 0.6 is 0 Å². The molecule has 0 spiro atoms. The van der Waals surface area contributed by atoms with Gasteiger partial charge in [-0.1, -0.05) is 38.1 Å². The molecule has 0 aliphatic rings. The number of nitrogens with two attached hydrogens (primary N) is 1. The summed E-state index contributed by atoms with van der Waals surface area (Å²) in [4.78, 5) is 0. The van der Waals surface area contributed by atoms with Crippen LogP contribution in [0.25, 0.3) is 0 Å². The predicted molar refractivity (Wildman–Crippen MR) is 83.6 cm³/mol. The molecule has 4 nitrogen and oxygen atoms in total. The van der Waals surface area contributed by atoms with Gasteiger partial charge in [-0.05, 0) is 36.8 Å². The largest absolute Gasteiger partial charge is 0.326 e. The Kier molecular flexibility index (Phi) is 6.65. The molecular weight excluding hydrogens is 272 g/mol. The van der Waals surface area contributed by atoms with E-state index in [0.717, 1.165) is 24.0 Å². The second-order valence-corrected chi connectivity index (χ2v) is 7.48. The molecular formula is C15H26N2O2S. The van der Waals surface area contributed by atoms with Gasteiger partial charge in [0.25, 0.3) is 0 Å². The number of benzene rings is 1. The van der Waals surface area contributed by atoms with Crippen LogP contribution in [0.5, 0.6) is 0 Å². The lowest BCUT2D eigenvalue weighted by molar-refractivity contribution is 0.485. The van der Waals surface area contributed by atoms with E-state index in [-0.39, 0.29) is 11.8 Å². The molecule has 0 bridgehead atoms. The Balaban J connectivity index is 2.65. The minimum Gasteiger partial charge on any atom is -0.326 e. The molecule has 20 heavy (non-hydrogen) atoms. The molecule has 114 valence electrons. The molecule has 0 saturated heterocycles. The van der Waals surface area contributed by atoms with Crippen molar-refractivity contribution in [2.45, 2.75) is 52.0 Å². The zero-order valence-corrected chi connectivity index (χ0v) is 13.4. The third-order valence-corrected chi connectivity index (χ3v) is 4.69. The maximum Gasteiger partial charge on any atom is 0.216 e. The molecule has 0 saturated carbocycles. The molecule has 0 radical (unpaired) electrons. The molecule has 1 rings (SSSR count). The lowest BCUT2D eigenvalue weighted by atomic mass is 10.1. The molecule has 1 aromatic rings. The molecule has 3 N–H and O–H groups in total. The van der Waals surface area contributed by atoms with Crippen LogP contribution < -0.4 is 10.5 Å². The lowest BCUT2D eigenvalue weighted by Gasteiger charge is -2.16. The zero-order valence-electron chi connectivity index (χ0n) is 12.6. The van der Waals surface area contributed by atoms with Crippen molar-refractivity contribution in [3.05, 3.63) is 35.4 Å². The van der Waals surface area contributed by atoms with E-state index in [0.29, 0.717) is 12.5 Å². The van der Waals surface area contributed by atoms with Crippen molar-refractivity contribution < 1.29 is 8.42 Å². The number of nitrogens with one attached hydrogen (secondary N) is 1. The normalized spacial score (nSPS) is 13.7. The molecule has 0 amide bonds. The highest BCUT2D eigenvalue weighted by Crippen LogP contribution is 2.13. The first-order valence-corrected chi connectivity index (χ1v) is 8.76. The van der Waals surface area contributed by atoms with Gasteiger partial charge in [-0.15, -0.1) is 0 Å². The zero-order chi connectivity index (χ0) is 15.2. The second kappa shape index (κ2) is 7.76. The van der Waals surface area contributed by atoms with Gasteiger partial charge in [0.1, 0.15) is 0 Å². The molecule has 1 unspecified atom stereocenters. The van der Waals surface area contributed by atoms with Crippen LogP contribution in [0.15, 0.2) is 24.3 Å². The molecule has 0 aromatic heterocycles. The van der Waals surface area contributed by atoms with Crippen molar-refractivity contribution in [1.82, 2.24) is 4.72 Å². The molecule has 1 aromatic carbocycles. The van der Waals surface area contributed by atoms with Gasteiger partial charge < -0.3 is 5.73 Å². The highest BCUT2D eigenvalue weighted by molar-refractivity contribution is 7.88. The van der Waals surface area contributed by atoms with Crippen molar-refractivity contribution in [3.8, 4) is 0 Å². The van der Waals surface area contributed by atoms with E-state index in [1.807, 2.05) is 31.2 Å². The van der Waals surface area contributed by atoms with E-state index < -0.39 is 10.0 Å². The summed E-state index contributed by atoms with van der Waals surface area (Å²) in [6, 6.07) is 7.36. The Morgan fingerprint density at radius 2 is 1.70 bits per heavy atom. The highest BCUT2D eigenvalue weighted by atomic mass is 32.2. The summed E-state index contributed by atoms with van der Waals surface area (Å²) in [5.41, 5.74) is 7.30. The fraction of sp³-hybridized carbons (Fsp3) is 0.600. The van der Waals surface area contributed by atoms with Gasteiger partial charge in [0.15, 0.2) is 0 Å². The monoisotopic (exact) mass is 298 g/mol. The standard InChI is InChI=1S/C15H26N2O2S/c1-12(2)8-9-13(3)17-20(18,19)11-15-7-5-4-6-14(15)10-16/h4-7,12-13,17H,8-11,16H2,1-3H3. The quantitative estimate of drug-likeness (QED) is 0.774. The van der Waals surface area contributed by atoms with Gasteiger partial charge in [0.05, 0.1) is 5.75 Å². The third kappa shape index (κ3) is 6.03. The molecule has 0 aliphatic heterocycles. The van der Waals surface area contributed by atoms with Crippen LogP contribution in [0.2, 0.25) is 0 Å². The van der Waals surface area contributed by atoms with Crippen molar-refractivity contribution in [3.63, 3.8) is 0 Å². The topological polar surface area (TPSA) is 72.2 Å². The fourth-order valence-corrected chi connectivity index (χ4v) is 3.60. The first-order valence-electron chi connectivity index (χ1n) is 7.11. The maximum atomic E-state index is 12.2. The van der Waals surface area contributed by atoms with Crippen LogP contribution in [0, 0.1) is 5.92 Å². The van der Waals surface area contributed by atoms with E-state index >= 15 is 0 Å². The number of rotatable bonds is 8. The van der Waals surface area contributed by atoms with Crippen molar-refractivity contribution in [1.29, 1.82) is 0 Å². The van der Waals surface area contributed by atoms with Gasteiger partial charge in [0.2, 0.25) is 10.0 Å². The SMILES string of the molecule is CC(C)CCC(C)NS(=O)(=O)Cc1ccccc1CN. The Labute approximate surface area is 122 Å². The van der Waals surface area contributed by atoms with Crippen LogP contribution in [0.4, 0.5) is 0 Å². The van der Waals surface area contributed by atoms with Crippen LogP contribution in [0.3, 0.4) is 0 Å². The maximum absolute atomic E-state index is 12.2. The first kappa shape index (κ1) is 17.1. The summed E-state index contributed by atoms with van der Waals surface area (Å²) in [5.74, 6) is 0.576. The van der Waals surface area contributed by atoms with E-state index in [1.165, 1.54) is 0 Å². The molecule has 1 atom stereocenters. The minimum absolute atomic E-state index is 0.00755. The third-order valence-electron chi connectivity index (χ3n) is 3.24. The van der Waals surface area contributed by atoms with Gasteiger partial charge in [0, 0.05) is 12.6 Å². The molecule has 5 heteroatoms. The summed E-state index contributed by atoms with van der Waals surface area (Å²) in [6.45, 7) is 6.54. The van der Waals surface area contributed by atoms with E-state index in [4.69, 9.17) is 5.73 Å². The average Bonchev–Trinajstić information content (AvgIpc) is 2.36. The average molecular weight is 298 g/mol. The second-order valence-electron chi connectivity index (χ2n) is 5.72. The van der Waals surface area contributed by atoms with E-state index in [1.54, 1.807) is 0 Å². The summed E-state index contributed by atoms with van der Waals surface area (Å²) in [6.07, 6.45) is 1.87. The minimum atomic E-state index is -3.32. The van der Waals surface area contributed by atoms with Crippen molar-refractivity contribution in [2.75, 3.05) is 0 Å². The lowest BCUT2D eigenvalue weighted by Crippen LogP contribution is -2.34. The summed E-state index contributed by atoms with van der Waals surface area (Å²) < 4.78 is 27.1. The Hall–Kier alpha value is -0.910. The Bertz CT molecular complexity index is 512. The van der Waals surface area contributed by atoms with Crippen LogP contribution in [0.1, 0.15) is 44.7 Å². The number of hydrogen-bond acceptors (Lipinski definition) is 3. The van der Waals surface area contributed by atoms with Gasteiger partial charge in [-0.3, -0.25) is 0 Å². The van der Waals surface area contributed by atoms with Crippen molar-refractivity contribution >= 4 is 10.0 Å². The summed E-state index contributed by atoms with van der Waals surface area (Å²) in [5, 5.41) is 0. The van der Waals surface area contributed by atoms with Gasteiger partial charge >= 0.3 is 0 Å². The first-order chi connectivity index (χ1) is 9.34. The van der Waals surface area contributed by atoms with E-state index in [2.05, 4.69) is 18.6 Å². The summed E-state index contributed by atoms with van der Waals surface area (Å²) >= 11 is 0. The smallest absolute Gasteiger partial charge is 0.216 e. The molecule has 0 heterocycles. The van der Waals surface area contributed by atoms with E-state index in [9.17, 15) is 8.42 Å². The summed E-state index contributed by atoms with van der Waals surface area (Å²) in [7, 11) is -3.32. The van der Waals surface area contributed by atoms with Crippen molar-refractivity contribution in [2.24, 2.45) is 11.7 Å². The predicted octanol–water partition coefficient (Wildman–Crippen LogP) is 2.39. The van der Waals surface area contributed by atoms with Crippen LogP contribution in [-0.4, -0.2) is 14.5 Å². The Morgan fingerprint density at radius 1 is 1.10 bits per heavy atom. The number of sulfonamides is 1. The fourth-order valence-electron chi connectivity index (χ4n) is 2.09. The Morgan fingerprint density at radius 3 is 2.25 bits per heavy atom. The number of hydrogen-bond donors (Lipinski definition) is 2. The van der Waals surface area contributed by atoms with Crippen LogP contribution in [-0.2, 0) is 22.3 Å². The van der Waals surface area contributed by atoms with Gasteiger partial charge in [-0.25, -0.2) is 13.1 Å². The van der Waals surface area contributed by atoms with Gasteiger partial charge in [-0.2, -0.15) is 0 Å².